The van der Waals surface area contributed by atoms with Crippen LogP contribution >= 0.6 is 0 Å². The van der Waals surface area contributed by atoms with Crippen LogP contribution < -0.4 is 9.64 Å². The van der Waals surface area contributed by atoms with Gasteiger partial charge in [-0.15, -0.1) is 0 Å². The SMILES string of the molecule is COC(=O)CCCC(=O)N1CCN(c2cc(S(=O)(=O)N3CCc4ccccc4C3)ccc2OC)CC1. The standard InChI is InChI=1S/C26H33N3O6S/c1-34-24-11-10-22(36(32,33)29-13-12-20-6-3-4-7-21(20)19-29)18-23(24)27-14-16-28(17-15-27)25(30)8-5-9-26(31)35-2/h3-4,6-7,10-11,18H,5,8-9,12-17,19H2,1-2H3. The summed E-state index contributed by atoms with van der Waals surface area (Å²) >= 11 is 0. The fraction of sp³-hybridized carbons (Fsp3) is 0.462. The van der Waals surface area contributed by atoms with Crippen LogP contribution in [0.1, 0.15) is 30.4 Å². The fourth-order valence-electron chi connectivity index (χ4n) is 4.74. The summed E-state index contributed by atoms with van der Waals surface area (Å²) in [4.78, 5) is 27.9. The van der Waals surface area contributed by atoms with Gasteiger partial charge in [-0.2, -0.15) is 4.31 Å². The molecule has 0 spiro atoms. The number of nitrogens with zero attached hydrogens (tertiary/aromatic N) is 3. The van der Waals surface area contributed by atoms with Gasteiger partial charge in [-0.25, -0.2) is 8.42 Å². The molecule has 2 aliphatic heterocycles. The zero-order chi connectivity index (χ0) is 25.7. The molecule has 0 N–H and O–H groups in total. The molecule has 2 aromatic carbocycles. The first-order valence-electron chi connectivity index (χ1n) is 12.2. The topological polar surface area (TPSA) is 96.5 Å². The van der Waals surface area contributed by atoms with Crippen molar-refractivity contribution in [2.45, 2.75) is 37.1 Å². The molecular weight excluding hydrogens is 482 g/mol. The van der Waals surface area contributed by atoms with Crippen LogP contribution in [-0.2, 0) is 37.3 Å². The summed E-state index contributed by atoms with van der Waals surface area (Å²) in [7, 11) is -0.784. The van der Waals surface area contributed by atoms with E-state index in [-0.39, 0.29) is 23.2 Å². The van der Waals surface area contributed by atoms with E-state index < -0.39 is 10.0 Å². The number of fused-ring (bicyclic) bond motifs is 1. The summed E-state index contributed by atoms with van der Waals surface area (Å²) in [5.74, 6) is 0.284. The molecule has 0 saturated carbocycles. The second-order valence-corrected chi connectivity index (χ2v) is 10.9. The van der Waals surface area contributed by atoms with Gasteiger partial charge in [0, 0.05) is 52.1 Å². The predicted octanol–water partition coefficient (Wildman–Crippen LogP) is 2.43. The minimum absolute atomic E-state index is 0.00669. The highest BCUT2D eigenvalue weighted by Crippen LogP contribution is 2.34. The number of hydrogen-bond acceptors (Lipinski definition) is 7. The Labute approximate surface area is 212 Å². The van der Waals surface area contributed by atoms with Gasteiger partial charge in [0.2, 0.25) is 15.9 Å². The van der Waals surface area contributed by atoms with Crippen molar-refractivity contribution in [3.05, 3.63) is 53.6 Å². The molecule has 194 valence electrons. The zero-order valence-electron chi connectivity index (χ0n) is 20.8. The summed E-state index contributed by atoms with van der Waals surface area (Å²) in [6.07, 6.45) is 1.67. The Morgan fingerprint density at radius 1 is 0.917 bits per heavy atom. The molecule has 0 bridgehead atoms. The second kappa shape index (κ2) is 11.3. The first-order chi connectivity index (χ1) is 17.3. The number of anilines is 1. The monoisotopic (exact) mass is 515 g/mol. The molecule has 9 nitrogen and oxygen atoms in total. The summed E-state index contributed by atoms with van der Waals surface area (Å²) in [5.41, 5.74) is 2.93. The average molecular weight is 516 g/mol. The highest BCUT2D eigenvalue weighted by molar-refractivity contribution is 7.89. The fourth-order valence-corrected chi connectivity index (χ4v) is 6.18. The molecule has 0 unspecified atom stereocenters. The van der Waals surface area contributed by atoms with E-state index in [1.807, 2.05) is 24.3 Å². The van der Waals surface area contributed by atoms with E-state index in [0.717, 1.165) is 5.56 Å². The van der Waals surface area contributed by atoms with Crippen molar-refractivity contribution in [3.63, 3.8) is 0 Å². The first kappa shape index (κ1) is 26.0. The molecule has 0 aliphatic carbocycles. The summed E-state index contributed by atoms with van der Waals surface area (Å²) in [6.45, 7) is 2.94. The number of sulfonamides is 1. The lowest BCUT2D eigenvalue weighted by Gasteiger charge is -2.37. The summed E-state index contributed by atoms with van der Waals surface area (Å²) in [6, 6.07) is 12.9. The lowest BCUT2D eigenvalue weighted by atomic mass is 10.0. The van der Waals surface area contributed by atoms with E-state index in [9.17, 15) is 18.0 Å². The normalized spacial score (nSPS) is 16.4. The molecule has 1 amide bonds. The molecule has 10 heteroatoms. The highest BCUT2D eigenvalue weighted by Gasteiger charge is 2.30. The number of amides is 1. The van der Waals surface area contributed by atoms with Crippen LogP contribution in [0.25, 0.3) is 0 Å². The van der Waals surface area contributed by atoms with Gasteiger partial charge in [0.25, 0.3) is 0 Å². The van der Waals surface area contributed by atoms with Crippen molar-refractivity contribution in [3.8, 4) is 5.75 Å². The Morgan fingerprint density at radius 3 is 2.33 bits per heavy atom. The van der Waals surface area contributed by atoms with E-state index in [1.165, 1.54) is 17.0 Å². The van der Waals surface area contributed by atoms with Crippen LogP contribution in [0.5, 0.6) is 5.75 Å². The van der Waals surface area contributed by atoms with E-state index >= 15 is 0 Å². The summed E-state index contributed by atoms with van der Waals surface area (Å²) < 4.78 is 38.7. The van der Waals surface area contributed by atoms with Crippen molar-refractivity contribution in [2.24, 2.45) is 0 Å². The predicted molar refractivity (Wildman–Crippen MR) is 135 cm³/mol. The zero-order valence-corrected chi connectivity index (χ0v) is 21.6. The van der Waals surface area contributed by atoms with Gasteiger partial charge in [0.1, 0.15) is 5.75 Å². The van der Waals surface area contributed by atoms with E-state index in [1.54, 1.807) is 30.2 Å². The van der Waals surface area contributed by atoms with Gasteiger partial charge < -0.3 is 19.3 Å². The number of benzene rings is 2. The van der Waals surface area contributed by atoms with Crippen molar-refractivity contribution in [1.29, 1.82) is 0 Å². The number of rotatable bonds is 8. The number of piperazine rings is 1. The molecule has 4 rings (SSSR count). The number of esters is 1. The van der Waals surface area contributed by atoms with Gasteiger partial charge >= 0.3 is 5.97 Å². The third-order valence-electron chi connectivity index (χ3n) is 6.86. The Bertz CT molecular complexity index is 1210. The Balaban J connectivity index is 1.44. The molecule has 0 radical (unpaired) electrons. The average Bonchev–Trinajstić information content (AvgIpc) is 2.92. The van der Waals surface area contributed by atoms with Crippen molar-refractivity contribution in [1.82, 2.24) is 9.21 Å². The first-order valence-corrected chi connectivity index (χ1v) is 13.6. The van der Waals surface area contributed by atoms with Gasteiger partial charge in [-0.1, -0.05) is 24.3 Å². The Morgan fingerprint density at radius 2 is 1.64 bits per heavy atom. The van der Waals surface area contributed by atoms with Gasteiger partial charge in [0.15, 0.2) is 0 Å². The van der Waals surface area contributed by atoms with Gasteiger partial charge in [0.05, 0.1) is 24.8 Å². The number of ether oxygens (including phenoxy) is 2. The Kier molecular flexibility index (Phi) is 8.15. The molecule has 0 aromatic heterocycles. The lowest BCUT2D eigenvalue weighted by molar-refractivity contribution is -0.140. The van der Waals surface area contributed by atoms with Gasteiger partial charge in [-0.3, -0.25) is 9.59 Å². The van der Waals surface area contributed by atoms with Crippen LogP contribution in [-0.4, -0.2) is 76.4 Å². The molecule has 0 atom stereocenters. The molecule has 2 aliphatic rings. The number of methoxy groups -OCH3 is 2. The van der Waals surface area contributed by atoms with Crippen LogP contribution in [0.2, 0.25) is 0 Å². The van der Waals surface area contributed by atoms with Crippen LogP contribution in [0.3, 0.4) is 0 Å². The maximum absolute atomic E-state index is 13.5. The van der Waals surface area contributed by atoms with Crippen molar-refractivity contribution in [2.75, 3.05) is 51.8 Å². The van der Waals surface area contributed by atoms with Gasteiger partial charge in [-0.05, 0) is 42.2 Å². The minimum Gasteiger partial charge on any atom is -0.495 e. The summed E-state index contributed by atoms with van der Waals surface area (Å²) in [5, 5.41) is 0. The largest absolute Gasteiger partial charge is 0.495 e. The third-order valence-corrected chi connectivity index (χ3v) is 8.70. The quantitative estimate of drug-likeness (QED) is 0.498. The molecular formula is C26H33N3O6S. The third kappa shape index (κ3) is 5.65. The molecule has 1 saturated heterocycles. The number of hydrogen-bond donors (Lipinski definition) is 0. The lowest BCUT2D eigenvalue weighted by Crippen LogP contribution is -2.49. The molecule has 2 heterocycles. The van der Waals surface area contributed by atoms with E-state index in [2.05, 4.69) is 9.64 Å². The molecule has 1 fully saturated rings. The number of carbonyl (C=O) groups excluding carboxylic acids is 2. The van der Waals surface area contributed by atoms with E-state index in [4.69, 9.17) is 4.74 Å². The van der Waals surface area contributed by atoms with Crippen molar-refractivity contribution >= 4 is 27.6 Å². The van der Waals surface area contributed by atoms with Crippen LogP contribution in [0.15, 0.2) is 47.4 Å². The Hall–Kier alpha value is -3.11. The van der Waals surface area contributed by atoms with Crippen LogP contribution in [0, 0.1) is 0 Å². The maximum atomic E-state index is 13.5. The number of carbonyl (C=O) groups is 2. The van der Waals surface area contributed by atoms with E-state index in [0.29, 0.717) is 70.0 Å². The highest BCUT2D eigenvalue weighted by atomic mass is 32.2. The molecule has 36 heavy (non-hydrogen) atoms. The minimum atomic E-state index is -3.69. The van der Waals surface area contributed by atoms with Crippen LogP contribution in [0.4, 0.5) is 5.69 Å². The second-order valence-electron chi connectivity index (χ2n) is 8.99. The molecule has 2 aromatic rings. The maximum Gasteiger partial charge on any atom is 0.305 e. The smallest absolute Gasteiger partial charge is 0.305 e. The van der Waals surface area contributed by atoms with Crippen molar-refractivity contribution < 1.29 is 27.5 Å².